The summed E-state index contributed by atoms with van der Waals surface area (Å²) in [7, 11) is 1.59. The topological polar surface area (TPSA) is 105 Å². The smallest absolute Gasteiger partial charge is 0.247 e. The highest BCUT2D eigenvalue weighted by Crippen LogP contribution is 2.34. The molecule has 2 saturated heterocycles. The molecule has 4 rings (SSSR count). The lowest BCUT2D eigenvalue weighted by Crippen LogP contribution is -2.59. The van der Waals surface area contributed by atoms with Crippen molar-refractivity contribution < 1.29 is 19.1 Å². The van der Waals surface area contributed by atoms with E-state index in [2.05, 4.69) is 5.32 Å². The highest BCUT2D eigenvalue weighted by atomic mass is 16.5. The number of hydrogen-bond donors (Lipinski definition) is 2. The van der Waals surface area contributed by atoms with Crippen LogP contribution in [0.4, 0.5) is 0 Å². The molecule has 2 aliphatic heterocycles. The van der Waals surface area contributed by atoms with Gasteiger partial charge >= 0.3 is 0 Å². The Bertz CT molecular complexity index is 985. The van der Waals surface area contributed by atoms with Gasteiger partial charge in [-0.1, -0.05) is 42.5 Å². The average molecular weight is 437 g/mol. The van der Waals surface area contributed by atoms with Crippen LogP contribution in [0.2, 0.25) is 0 Å². The summed E-state index contributed by atoms with van der Waals surface area (Å²) >= 11 is 0. The molecule has 0 bridgehead atoms. The Labute approximate surface area is 187 Å². The summed E-state index contributed by atoms with van der Waals surface area (Å²) in [5.41, 5.74) is 6.87. The zero-order valence-electron chi connectivity index (χ0n) is 18.1. The Morgan fingerprint density at radius 2 is 1.75 bits per heavy atom. The summed E-state index contributed by atoms with van der Waals surface area (Å²) in [6, 6.07) is 15.8. The maximum atomic E-state index is 13.1. The molecule has 8 nitrogen and oxygen atoms in total. The van der Waals surface area contributed by atoms with Gasteiger partial charge in [0, 0.05) is 13.1 Å². The van der Waals surface area contributed by atoms with Crippen molar-refractivity contribution in [3.8, 4) is 5.75 Å². The number of amides is 3. The van der Waals surface area contributed by atoms with E-state index in [-0.39, 0.29) is 30.8 Å². The number of benzene rings is 2. The van der Waals surface area contributed by atoms with E-state index in [1.165, 1.54) is 0 Å². The van der Waals surface area contributed by atoms with E-state index in [9.17, 15) is 14.4 Å². The third-order valence-corrected chi connectivity index (χ3v) is 6.48. The van der Waals surface area contributed by atoms with Crippen LogP contribution in [0.15, 0.2) is 54.6 Å². The molecule has 2 fully saturated rings. The Morgan fingerprint density at radius 1 is 1.09 bits per heavy atom. The lowest BCUT2D eigenvalue weighted by molar-refractivity contribution is -0.146. The average Bonchev–Trinajstić information content (AvgIpc) is 3.15. The van der Waals surface area contributed by atoms with Crippen LogP contribution in [-0.2, 0) is 20.8 Å². The summed E-state index contributed by atoms with van der Waals surface area (Å²) in [5, 5.41) is 2.83. The van der Waals surface area contributed by atoms with Crippen LogP contribution >= 0.6 is 0 Å². The van der Waals surface area contributed by atoms with Crippen LogP contribution in [0.25, 0.3) is 0 Å². The molecule has 2 aromatic rings. The second kappa shape index (κ2) is 9.00. The van der Waals surface area contributed by atoms with Gasteiger partial charge in [-0.15, -0.1) is 0 Å². The predicted octanol–water partition coefficient (Wildman–Crippen LogP) is 1.21. The highest BCUT2D eigenvalue weighted by Gasteiger charge is 2.52. The molecule has 8 heteroatoms. The fraction of sp³-hybridized carbons (Fsp3) is 0.375. The van der Waals surface area contributed by atoms with Crippen molar-refractivity contribution in [2.45, 2.75) is 30.8 Å². The number of hydrogen-bond acceptors (Lipinski definition) is 5. The van der Waals surface area contributed by atoms with E-state index in [1.54, 1.807) is 16.9 Å². The van der Waals surface area contributed by atoms with Crippen molar-refractivity contribution in [2.24, 2.45) is 5.73 Å². The lowest BCUT2D eigenvalue weighted by Gasteiger charge is -2.42. The van der Waals surface area contributed by atoms with Crippen molar-refractivity contribution in [2.75, 3.05) is 26.9 Å². The molecule has 0 aliphatic carbocycles. The van der Waals surface area contributed by atoms with Gasteiger partial charge in [0.2, 0.25) is 17.7 Å². The van der Waals surface area contributed by atoms with Crippen molar-refractivity contribution in [1.29, 1.82) is 0 Å². The number of piperidine rings is 1. The van der Waals surface area contributed by atoms with E-state index in [4.69, 9.17) is 10.5 Å². The van der Waals surface area contributed by atoms with Crippen molar-refractivity contribution in [3.05, 3.63) is 65.7 Å². The first-order valence-electron chi connectivity index (χ1n) is 10.8. The van der Waals surface area contributed by atoms with E-state index in [0.29, 0.717) is 25.9 Å². The minimum absolute atomic E-state index is 0.116. The molecule has 2 aliphatic rings. The SMILES string of the molecule is COc1ccc(CC(=O)N2CNC(=O)C23CCN(C(=O)[C@@H](N)c2ccccc2)CC3)cc1. The van der Waals surface area contributed by atoms with Gasteiger partial charge in [-0.25, -0.2) is 0 Å². The standard InChI is InChI=1S/C24H28N4O4/c1-32-19-9-7-17(8-10-19)15-20(29)28-16-26-23(31)24(28)11-13-27(14-12-24)22(30)21(25)18-5-3-2-4-6-18/h2-10,21H,11-16,25H2,1H3,(H,26,31)/t21-/m0/s1. The molecule has 0 radical (unpaired) electrons. The van der Waals surface area contributed by atoms with Gasteiger partial charge in [0.05, 0.1) is 20.2 Å². The monoisotopic (exact) mass is 436 g/mol. The first-order valence-corrected chi connectivity index (χ1v) is 10.8. The van der Waals surface area contributed by atoms with Crippen LogP contribution in [0.5, 0.6) is 5.75 Å². The van der Waals surface area contributed by atoms with Crippen LogP contribution in [0.3, 0.4) is 0 Å². The number of likely N-dealkylation sites (tertiary alicyclic amines) is 1. The number of carbonyl (C=O) groups is 3. The van der Waals surface area contributed by atoms with E-state index < -0.39 is 11.6 Å². The molecule has 3 N–H and O–H groups in total. The summed E-state index contributed by atoms with van der Waals surface area (Å²) in [6.45, 7) is 0.934. The third kappa shape index (κ3) is 4.05. The maximum absolute atomic E-state index is 13.1. The van der Waals surface area contributed by atoms with Gasteiger partial charge in [-0.2, -0.15) is 0 Å². The fourth-order valence-corrected chi connectivity index (χ4v) is 4.52. The Balaban J connectivity index is 1.42. The van der Waals surface area contributed by atoms with Crippen LogP contribution < -0.4 is 15.8 Å². The fourth-order valence-electron chi connectivity index (χ4n) is 4.52. The van der Waals surface area contributed by atoms with Gasteiger partial charge in [0.25, 0.3) is 0 Å². The van der Waals surface area contributed by atoms with Gasteiger partial charge in [-0.3, -0.25) is 14.4 Å². The Hall–Kier alpha value is -3.39. The van der Waals surface area contributed by atoms with Gasteiger partial charge in [-0.05, 0) is 36.1 Å². The van der Waals surface area contributed by atoms with Crippen molar-refractivity contribution in [1.82, 2.24) is 15.1 Å². The summed E-state index contributed by atoms with van der Waals surface area (Å²) in [5.74, 6) is 0.288. The molecule has 1 spiro atoms. The molecule has 0 unspecified atom stereocenters. The first-order chi connectivity index (χ1) is 15.4. The van der Waals surface area contributed by atoms with Gasteiger partial charge in [0.15, 0.2) is 0 Å². The number of nitrogens with one attached hydrogen (secondary N) is 1. The van der Waals surface area contributed by atoms with Crippen LogP contribution in [-0.4, -0.2) is 59.9 Å². The maximum Gasteiger partial charge on any atom is 0.247 e. The van der Waals surface area contributed by atoms with Crippen molar-refractivity contribution in [3.63, 3.8) is 0 Å². The van der Waals surface area contributed by atoms with E-state index >= 15 is 0 Å². The molecule has 0 saturated carbocycles. The van der Waals surface area contributed by atoms with Crippen LogP contribution in [0.1, 0.15) is 30.0 Å². The largest absolute Gasteiger partial charge is 0.497 e. The first kappa shape index (κ1) is 21.8. The Kier molecular flexibility index (Phi) is 6.14. The summed E-state index contributed by atoms with van der Waals surface area (Å²) in [6.07, 6.45) is 0.975. The minimum Gasteiger partial charge on any atom is -0.497 e. The Morgan fingerprint density at radius 3 is 2.38 bits per heavy atom. The molecule has 3 amide bonds. The normalized spacial score (nSPS) is 18.4. The van der Waals surface area contributed by atoms with Gasteiger partial charge in [0.1, 0.15) is 17.3 Å². The number of carbonyl (C=O) groups excluding carboxylic acids is 3. The minimum atomic E-state index is -0.919. The highest BCUT2D eigenvalue weighted by molar-refractivity contribution is 5.95. The van der Waals surface area contributed by atoms with Crippen LogP contribution in [0, 0.1) is 0 Å². The van der Waals surface area contributed by atoms with E-state index in [0.717, 1.165) is 16.9 Å². The lowest BCUT2D eigenvalue weighted by atomic mass is 9.85. The summed E-state index contributed by atoms with van der Waals surface area (Å²) < 4.78 is 5.16. The zero-order chi connectivity index (χ0) is 22.7. The third-order valence-electron chi connectivity index (χ3n) is 6.48. The number of rotatable bonds is 5. The molecule has 1 atom stereocenters. The summed E-state index contributed by atoms with van der Waals surface area (Å²) in [4.78, 5) is 42.1. The number of methoxy groups -OCH3 is 1. The number of ether oxygens (including phenoxy) is 1. The second-order valence-corrected chi connectivity index (χ2v) is 8.26. The zero-order valence-corrected chi connectivity index (χ0v) is 18.1. The molecule has 2 aromatic carbocycles. The quantitative estimate of drug-likeness (QED) is 0.733. The molecule has 0 aromatic heterocycles. The molecular formula is C24H28N4O4. The molecular weight excluding hydrogens is 408 g/mol. The number of nitrogens with zero attached hydrogens (tertiary/aromatic N) is 2. The predicted molar refractivity (Wildman–Crippen MR) is 118 cm³/mol. The van der Waals surface area contributed by atoms with Crippen molar-refractivity contribution >= 4 is 17.7 Å². The second-order valence-electron chi connectivity index (χ2n) is 8.26. The number of nitrogens with two attached hydrogens (primary N) is 1. The molecule has 32 heavy (non-hydrogen) atoms. The molecule has 168 valence electrons. The van der Waals surface area contributed by atoms with Gasteiger partial charge < -0.3 is 25.6 Å². The van der Waals surface area contributed by atoms with E-state index in [1.807, 2.05) is 54.6 Å². The molecule has 2 heterocycles.